The number of likely N-dealkylation sites (tertiary alicyclic amines) is 1. The molecule has 1 heterocycles. The fourth-order valence-corrected chi connectivity index (χ4v) is 7.99. The predicted octanol–water partition coefficient (Wildman–Crippen LogP) is 3.48. The SMILES string of the molecule is CN(C)C(=O)CNC(=O)C[C@@H](CC1CC1)C(=O)N(CC1(O)CCCCC1)[C@@H](CC1CCCCC1)[C@@H](O)[C@@H]1CC(C)(C)N(C)C1=O. The summed E-state index contributed by atoms with van der Waals surface area (Å²) in [6, 6.07) is -0.636. The van der Waals surface area contributed by atoms with E-state index < -0.39 is 35.1 Å². The minimum Gasteiger partial charge on any atom is -0.390 e. The molecule has 4 atom stereocenters. The standard InChI is InChI=1S/C35H60N4O6/c1-34(2)21-27(33(44)38(34)5)31(42)28(19-24-12-8-6-9-13-24)39(23-35(45)16-10-7-11-17-35)32(43)26(18-25-14-15-25)20-29(40)36-22-30(41)37(3)4/h24-28,31,42,45H,6-23H2,1-5H3,(H,36,40)/t26-,27+,28+,31+/m1/s1. The first kappa shape index (κ1) is 35.7. The van der Waals surface area contributed by atoms with Crippen LogP contribution in [-0.4, -0.2) is 106 Å². The summed E-state index contributed by atoms with van der Waals surface area (Å²) in [6.45, 7) is 3.98. The molecule has 0 aromatic heterocycles. The molecule has 1 aliphatic heterocycles. The lowest BCUT2D eigenvalue weighted by atomic mass is 9.78. The molecule has 0 aromatic carbocycles. The molecule has 0 bridgehead atoms. The van der Waals surface area contributed by atoms with Crippen molar-refractivity contribution in [2.24, 2.45) is 23.7 Å². The van der Waals surface area contributed by atoms with E-state index >= 15 is 0 Å². The molecule has 45 heavy (non-hydrogen) atoms. The minimum absolute atomic E-state index is 0.0463. The topological polar surface area (TPSA) is 130 Å². The Bertz CT molecular complexity index is 1050. The van der Waals surface area contributed by atoms with Crippen LogP contribution >= 0.6 is 0 Å². The lowest BCUT2D eigenvalue weighted by Gasteiger charge is -2.45. The number of rotatable bonds is 14. The van der Waals surface area contributed by atoms with Crippen molar-refractivity contribution in [1.29, 1.82) is 0 Å². The molecule has 0 aromatic rings. The first-order valence-corrected chi connectivity index (χ1v) is 17.7. The Kier molecular flexibility index (Phi) is 12.0. The maximum absolute atomic E-state index is 14.8. The molecule has 3 saturated carbocycles. The summed E-state index contributed by atoms with van der Waals surface area (Å²) in [5.74, 6) is -1.48. The van der Waals surface area contributed by atoms with Crippen molar-refractivity contribution < 1.29 is 29.4 Å². The van der Waals surface area contributed by atoms with E-state index in [2.05, 4.69) is 5.32 Å². The van der Waals surface area contributed by atoms with E-state index in [1.54, 1.807) is 30.9 Å². The highest BCUT2D eigenvalue weighted by Gasteiger charge is 2.51. The number of carbonyl (C=O) groups is 4. The fraction of sp³-hybridized carbons (Fsp3) is 0.886. The van der Waals surface area contributed by atoms with E-state index in [4.69, 9.17) is 0 Å². The number of hydrogen-bond acceptors (Lipinski definition) is 6. The maximum atomic E-state index is 14.8. The Morgan fingerprint density at radius 3 is 2.11 bits per heavy atom. The van der Waals surface area contributed by atoms with Crippen molar-refractivity contribution >= 4 is 23.6 Å². The van der Waals surface area contributed by atoms with Crippen LogP contribution < -0.4 is 5.32 Å². The molecule has 4 fully saturated rings. The zero-order chi connectivity index (χ0) is 32.9. The van der Waals surface area contributed by atoms with E-state index in [1.165, 1.54) is 11.3 Å². The average molecular weight is 633 g/mol. The number of aliphatic hydroxyl groups is 2. The third kappa shape index (κ3) is 9.43. The third-order valence-electron chi connectivity index (χ3n) is 11.3. The second kappa shape index (κ2) is 15.1. The second-order valence-electron chi connectivity index (χ2n) is 15.7. The van der Waals surface area contributed by atoms with Gasteiger partial charge in [-0.25, -0.2) is 0 Å². The summed E-state index contributed by atoms with van der Waals surface area (Å²) in [6.07, 6.45) is 12.0. The van der Waals surface area contributed by atoms with Crippen LogP contribution in [0.25, 0.3) is 0 Å². The van der Waals surface area contributed by atoms with E-state index in [0.29, 0.717) is 43.9 Å². The second-order valence-corrected chi connectivity index (χ2v) is 15.7. The van der Waals surface area contributed by atoms with Crippen molar-refractivity contribution in [2.75, 3.05) is 34.2 Å². The van der Waals surface area contributed by atoms with Gasteiger partial charge in [0.2, 0.25) is 23.6 Å². The summed E-state index contributed by atoms with van der Waals surface area (Å²) in [7, 11) is 5.05. The van der Waals surface area contributed by atoms with Crippen molar-refractivity contribution in [3.63, 3.8) is 0 Å². The highest BCUT2D eigenvalue weighted by Crippen LogP contribution is 2.41. The quantitative estimate of drug-likeness (QED) is 0.269. The number of nitrogens with one attached hydrogen (secondary N) is 1. The van der Waals surface area contributed by atoms with Gasteiger partial charge in [0.15, 0.2) is 0 Å². The van der Waals surface area contributed by atoms with Crippen LogP contribution in [0.15, 0.2) is 0 Å². The van der Waals surface area contributed by atoms with Gasteiger partial charge in [0, 0.05) is 45.6 Å². The maximum Gasteiger partial charge on any atom is 0.241 e. The molecule has 4 aliphatic rings. The molecule has 256 valence electrons. The van der Waals surface area contributed by atoms with E-state index in [0.717, 1.165) is 57.8 Å². The van der Waals surface area contributed by atoms with Crippen LogP contribution in [0, 0.1) is 23.7 Å². The molecule has 10 nitrogen and oxygen atoms in total. The average Bonchev–Trinajstić information content (AvgIpc) is 3.80. The molecule has 3 N–H and O–H groups in total. The Labute approximate surface area is 270 Å². The van der Waals surface area contributed by atoms with Gasteiger partial charge >= 0.3 is 0 Å². The van der Waals surface area contributed by atoms with Gasteiger partial charge in [-0.15, -0.1) is 0 Å². The van der Waals surface area contributed by atoms with E-state index in [-0.39, 0.29) is 43.1 Å². The molecule has 0 unspecified atom stereocenters. The molecule has 3 aliphatic carbocycles. The van der Waals surface area contributed by atoms with Gasteiger partial charge in [-0.2, -0.15) is 0 Å². The summed E-state index contributed by atoms with van der Waals surface area (Å²) in [5, 5.41) is 26.8. The van der Waals surface area contributed by atoms with Gasteiger partial charge in [-0.3, -0.25) is 19.2 Å². The zero-order valence-corrected chi connectivity index (χ0v) is 28.6. The van der Waals surface area contributed by atoms with Gasteiger partial charge in [0.25, 0.3) is 0 Å². The zero-order valence-electron chi connectivity index (χ0n) is 28.6. The molecule has 10 heteroatoms. The molecule has 1 saturated heterocycles. The van der Waals surface area contributed by atoms with Crippen LogP contribution in [0.5, 0.6) is 0 Å². The van der Waals surface area contributed by atoms with Crippen LogP contribution in [0.1, 0.15) is 117 Å². The van der Waals surface area contributed by atoms with Crippen LogP contribution in [-0.2, 0) is 19.2 Å². The summed E-state index contributed by atoms with van der Waals surface area (Å²) < 4.78 is 0. The molecule has 0 radical (unpaired) electrons. The van der Waals surface area contributed by atoms with Gasteiger partial charge in [-0.1, -0.05) is 64.2 Å². The first-order valence-electron chi connectivity index (χ1n) is 17.7. The summed E-state index contributed by atoms with van der Waals surface area (Å²) in [5.41, 5.74) is -1.48. The minimum atomic E-state index is -1.08. The lowest BCUT2D eigenvalue weighted by molar-refractivity contribution is -0.153. The first-order chi connectivity index (χ1) is 21.2. The number of aliphatic hydroxyl groups excluding tert-OH is 1. The monoisotopic (exact) mass is 632 g/mol. The molecule has 0 spiro atoms. The van der Waals surface area contributed by atoms with Crippen molar-refractivity contribution in [1.82, 2.24) is 20.0 Å². The van der Waals surface area contributed by atoms with Gasteiger partial charge in [0.05, 0.1) is 30.2 Å². The number of likely N-dealkylation sites (N-methyl/N-ethyl adjacent to an activating group) is 1. The number of amides is 4. The van der Waals surface area contributed by atoms with Crippen LogP contribution in [0.4, 0.5) is 0 Å². The van der Waals surface area contributed by atoms with E-state index in [9.17, 15) is 29.4 Å². The van der Waals surface area contributed by atoms with Gasteiger partial charge in [-0.05, 0) is 57.8 Å². The predicted molar refractivity (Wildman–Crippen MR) is 173 cm³/mol. The van der Waals surface area contributed by atoms with Crippen molar-refractivity contribution in [3.8, 4) is 0 Å². The smallest absolute Gasteiger partial charge is 0.241 e. The summed E-state index contributed by atoms with van der Waals surface area (Å²) in [4.78, 5) is 58.5. The lowest BCUT2D eigenvalue weighted by Crippen LogP contribution is -2.58. The Morgan fingerprint density at radius 2 is 1.56 bits per heavy atom. The van der Waals surface area contributed by atoms with Crippen LogP contribution in [0.2, 0.25) is 0 Å². The Balaban J connectivity index is 1.66. The van der Waals surface area contributed by atoms with Crippen molar-refractivity contribution in [3.05, 3.63) is 0 Å². The molecular weight excluding hydrogens is 572 g/mol. The third-order valence-corrected chi connectivity index (χ3v) is 11.3. The van der Waals surface area contributed by atoms with E-state index in [1.807, 2.05) is 13.8 Å². The normalized spacial score (nSPS) is 25.4. The molecule has 4 amide bonds. The van der Waals surface area contributed by atoms with Gasteiger partial charge in [0.1, 0.15) is 0 Å². The highest BCUT2D eigenvalue weighted by molar-refractivity contribution is 5.89. The highest BCUT2D eigenvalue weighted by atomic mass is 16.3. The van der Waals surface area contributed by atoms with Crippen molar-refractivity contribution in [2.45, 2.75) is 140 Å². The van der Waals surface area contributed by atoms with Crippen LogP contribution in [0.3, 0.4) is 0 Å². The number of hydrogen-bond donors (Lipinski definition) is 3. The van der Waals surface area contributed by atoms with Gasteiger partial charge < -0.3 is 30.2 Å². The Morgan fingerprint density at radius 1 is 0.956 bits per heavy atom. The molecule has 4 rings (SSSR count). The fourth-order valence-electron chi connectivity index (χ4n) is 7.99. The Hall–Kier alpha value is -2.20. The largest absolute Gasteiger partial charge is 0.390 e. The summed E-state index contributed by atoms with van der Waals surface area (Å²) >= 11 is 0. The number of nitrogens with zero attached hydrogens (tertiary/aromatic N) is 3. The number of carbonyl (C=O) groups excluding carboxylic acids is 4. The molecular formula is C35H60N4O6.